The van der Waals surface area contributed by atoms with Crippen LogP contribution in [0.25, 0.3) is 11.4 Å². The second kappa shape index (κ2) is 12.9. The molecule has 0 fully saturated rings. The molecule has 5 heteroatoms. The smallest absolute Gasteiger partial charge is 0.299 e. The van der Waals surface area contributed by atoms with Gasteiger partial charge in [-0.25, -0.2) is 0 Å². The van der Waals surface area contributed by atoms with Gasteiger partial charge in [-0.3, -0.25) is 0 Å². The van der Waals surface area contributed by atoms with Gasteiger partial charge in [0, 0.05) is 23.6 Å². The van der Waals surface area contributed by atoms with Crippen LogP contribution in [0, 0.1) is 13.8 Å². The minimum Gasteiger partial charge on any atom is -0.430 e. The predicted octanol–water partition coefficient (Wildman–Crippen LogP) is 7.62. The fourth-order valence-corrected chi connectivity index (χ4v) is 4.48. The Morgan fingerprint density at radius 1 is 0.909 bits per heavy atom. The number of rotatable bonds is 13. The molecule has 0 bridgehead atoms. The molecule has 178 valence electrons. The molecule has 0 spiro atoms. The molecule has 0 aliphatic carbocycles. The van der Waals surface area contributed by atoms with E-state index in [0.29, 0.717) is 5.19 Å². The van der Waals surface area contributed by atoms with Crippen molar-refractivity contribution in [3.8, 4) is 22.3 Å². The Bertz CT molecular complexity index is 997. The van der Waals surface area contributed by atoms with E-state index in [-0.39, 0.29) is 0 Å². The normalized spacial score (nSPS) is 11.3. The van der Waals surface area contributed by atoms with Gasteiger partial charge in [-0.15, -0.1) is 0 Å². The maximum atomic E-state index is 6.14. The zero-order valence-electron chi connectivity index (χ0n) is 21.0. The molecule has 0 amide bonds. The highest BCUT2D eigenvalue weighted by Gasteiger charge is 2.12. The van der Waals surface area contributed by atoms with Crippen molar-refractivity contribution in [1.29, 1.82) is 0 Å². The number of likely N-dealkylation sites (N-methyl/N-ethyl adjacent to an activating group) is 1. The molecule has 0 atom stereocenters. The molecule has 3 rings (SSSR count). The highest BCUT2D eigenvalue weighted by atomic mass is 32.1. The summed E-state index contributed by atoms with van der Waals surface area (Å²) in [5.41, 5.74) is 6.20. The van der Waals surface area contributed by atoms with Crippen LogP contribution in [0.1, 0.15) is 68.2 Å². The SMILES string of the molecule is CCCCCCCc1ccc(-c2nsc(Oc3cc(C)c(CCN(C)CC)cc3C)n2)cc1. The van der Waals surface area contributed by atoms with Gasteiger partial charge >= 0.3 is 0 Å². The minimum atomic E-state index is 0.589. The van der Waals surface area contributed by atoms with Crippen molar-refractivity contribution in [2.24, 2.45) is 0 Å². The summed E-state index contributed by atoms with van der Waals surface area (Å²) < 4.78 is 10.7. The van der Waals surface area contributed by atoms with Crippen molar-refractivity contribution >= 4 is 11.5 Å². The molecule has 0 unspecified atom stereocenters. The summed E-state index contributed by atoms with van der Waals surface area (Å²) in [5, 5.41) is 0.589. The molecule has 0 aliphatic rings. The van der Waals surface area contributed by atoms with Crippen molar-refractivity contribution in [1.82, 2.24) is 14.3 Å². The Morgan fingerprint density at radius 3 is 2.39 bits per heavy atom. The number of ether oxygens (including phenoxy) is 1. The molecule has 0 N–H and O–H groups in total. The molecule has 4 nitrogen and oxygen atoms in total. The largest absolute Gasteiger partial charge is 0.430 e. The van der Waals surface area contributed by atoms with Gasteiger partial charge < -0.3 is 9.64 Å². The summed E-state index contributed by atoms with van der Waals surface area (Å²) >= 11 is 1.31. The minimum absolute atomic E-state index is 0.589. The van der Waals surface area contributed by atoms with Crippen molar-refractivity contribution in [3.63, 3.8) is 0 Å². The first-order chi connectivity index (χ1) is 16.0. The Kier molecular flexibility index (Phi) is 9.89. The number of nitrogens with zero attached hydrogens (tertiary/aromatic N) is 3. The molecule has 0 radical (unpaired) electrons. The second-order valence-electron chi connectivity index (χ2n) is 9.04. The van der Waals surface area contributed by atoms with Crippen LogP contribution in [0.3, 0.4) is 0 Å². The molecule has 0 saturated carbocycles. The first kappa shape index (κ1) is 25.4. The Hall–Kier alpha value is -2.24. The molecule has 1 aromatic heterocycles. The monoisotopic (exact) mass is 465 g/mol. The van der Waals surface area contributed by atoms with E-state index in [1.54, 1.807) is 0 Å². The molecule has 0 aliphatic heterocycles. The van der Waals surface area contributed by atoms with Crippen LogP contribution in [0.15, 0.2) is 36.4 Å². The lowest BCUT2D eigenvalue weighted by Crippen LogP contribution is -2.20. The maximum absolute atomic E-state index is 6.14. The third-order valence-electron chi connectivity index (χ3n) is 6.32. The summed E-state index contributed by atoms with van der Waals surface area (Å²) in [5.74, 6) is 1.60. The zero-order valence-corrected chi connectivity index (χ0v) is 21.8. The van der Waals surface area contributed by atoms with Crippen LogP contribution in [-0.2, 0) is 12.8 Å². The quantitative estimate of drug-likeness (QED) is 0.243. The van der Waals surface area contributed by atoms with Gasteiger partial charge in [0.15, 0.2) is 5.82 Å². The maximum Gasteiger partial charge on any atom is 0.299 e. The van der Waals surface area contributed by atoms with Gasteiger partial charge in [-0.2, -0.15) is 9.36 Å². The van der Waals surface area contributed by atoms with Crippen LogP contribution >= 0.6 is 11.5 Å². The number of unbranched alkanes of at least 4 members (excludes halogenated alkanes) is 4. The van der Waals surface area contributed by atoms with E-state index in [2.05, 4.69) is 85.4 Å². The fourth-order valence-electron chi connectivity index (χ4n) is 3.91. The predicted molar refractivity (Wildman–Crippen MR) is 141 cm³/mol. The van der Waals surface area contributed by atoms with Crippen LogP contribution in [0.4, 0.5) is 0 Å². The molecular formula is C28H39N3OS. The lowest BCUT2D eigenvalue weighted by Gasteiger charge is -2.16. The highest BCUT2D eigenvalue weighted by Crippen LogP contribution is 2.31. The van der Waals surface area contributed by atoms with E-state index < -0.39 is 0 Å². The molecule has 0 saturated heterocycles. The van der Waals surface area contributed by atoms with E-state index in [9.17, 15) is 0 Å². The van der Waals surface area contributed by atoms with Crippen molar-refractivity contribution in [3.05, 3.63) is 58.7 Å². The number of aromatic nitrogens is 2. The summed E-state index contributed by atoms with van der Waals surface area (Å²) in [6, 6.07) is 13.1. The summed E-state index contributed by atoms with van der Waals surface area (Å²) in [6.45, 7) is 10.8. The number of hydrogen-bond acceptors (Lipinski definition) is 5. The van der Waals surface area contributed by atoms with Crippen molar-refractivity contribution in [2.45, 2.75) is 72.6 Å². The standard InChI is InChI=1S/C28H39N3OS/c1-6-8-9-10-11-12-23-13-15-24(16-14-23)27-29-28(33-30-27)32-26-20-21(3)25(19-22(26)4)17-18-31(5)7-2/h13-16,19-20H,6-12,17-18H2,1-5H3. The average Bonchev–Trinajstić information content (AvgIpc) is 3.29. The summed E-state index contributed by atoms with van der Waals surface area (Å²) in [7, 11) is 2.16. The molecular weight excluding hydrogens is 426 g/mol. The van der Waals surface area contributed by atoms with Gasteiger partial charge in [0.1, 0.15) is 5.75 Å². The van der Waals surface area contributed by atoms with Gasteiger partial charge in [0.05, 0.1) is 0 Å². The van der Waals surface area contributed by atoms with Crippen LogP contribution in [-0.4, -0.2) is 34.4 Å². The lowest BCUT2D eigenvalue weighted by atomic mass is 10.0. The lowest BCUT2D eigenvalue weighted by molar-refractivity contribution is 0.357. The van der Waals surface area contributed by atoms with E-state index in [1.165, 1.54) is 60.3 Å². The molecule has 3 aromatic rings. The summed E-state index contributed by atoms with van der Waals surface area (Å²) in [4.78, 5) is 6.98. The van der Waals surface area contributed by atoms with E-state index in [4.69, 9.17) is 4.74 Å². The van der Waals surface area contributed by atoms with Gasteiger partial charge in [0.2, 0.25) is 0 Å². The van der Waals surface area contributed by atoms with E-state index in [0.717, 1.165) is 48.6 Å². The number of hydrogen-bond donors (Lipinski definition) is 0. The van der Waals surface area contributed by atoms with Crippen LogP contribution in [0.5, 0.6) is 10.9 Å². The van der Waals surface area contributed by atoms with Gasteiger partial charge in [-0.1, -0.05) is 69.9 Å². The molecule has 33 heavy (non-hydrogen) atoms. The third kappa shape index (κ3) is 7.65. The molecule has 2 aromatic carbocycles. The zero-order chi connectivity index (χ0) is 23.6. The molecule has 1 heterocycles. The summed E-state index contributed by atoms with van der Waals surface area (Å²) in [6.07, 6.45) is 8.76. The Labute approximate surface area is 204 Å². The van der Waals surface area contributed by atoms with Gasteiger partial charge in [0.25, 0.3) is 5.19 Å². The number of aryl methyl sites for hydroxylation is 3. The van der Waals surface area contributed by atoms with Gasteiger partial charge in [-0.05, 0) is 75.0 Å². The Morgan fingerprint density at radius 2 is 1.67 bits per heavy atom. The highest BCUT2D eigenvalue weighted by molar-refractivity contribution is 7.07. The van der Waals surface area contributed by atoms with Crippen molar-refractivity contribution in [2.75, 3.05) is 20.1 Å². The number of benzene rings is 2. The first-order valence-corrected chi connectivity index (χ1v) is 13.2. The first-order valence-electron chi connectivity index (χ1n) is 12.4. The topological polar surface area (TPSA) is 38.2 Å². The fraction of sp³-hybridized carbons (Fsp3) is 0.500. The third-order valence-corrected chi connectivity index (χ3v) is 6.92. The van der Waals surface area contributed by atoms with Crippen LogP contribution in [0.2, 0.25) is 0 Å². The van der Waals surface area contributed by atoms with E-state index >= 15 is 0 Å². The van der Waals surface area contributed by atoms with E-state index in [1.807, 2.05) is 0 Å². The van der Waals surface area contributed by atoms with Crippen molar-refractivity contribution < 1.29 is 4.74 Å². The average molecular weight is 466 g/mol. The van der Waals surface area contributed by atoms with Crippen LogP contribution < -0.4 is 4.74 Å². The second-order valence-corrected chi connectivity index (χ2v) is 9.75. The Balaban J connectivity index is 1.59.